The molecule has 0 spiro atoms. The van der Waals surface area contributed by atoms with E-state index in [2.05, 4.69) is 65.4 Å². The van der Waals surface area contributed by atoms with Crippen LogP contribution in [0.2, 0.25) is 0 Å². The van der Waals surface area contributed by atoms with Crippen LogP contribution in [0, 0.1) is 5.92 Å². The van der Waals surface area contributed by atoms with Crippen LogP contribution < -0.4 is 87.2 Å². The van der Waals surface area contributed by atoms with Gasteiger partial charge in [-0.1, -0.05) is 76.8 Å². The van der Waals surface area contributed by atoms with E-state index >= 15 is 0 Å². The molecule has 0 bridgehead atoms. The fourth-order valence-electron chi connectivity index (χ4n) is 9.03. The van der Waals surface area contributed by atoms with Gasteiger partial charge in [0, 0.05) is 19.4 Å². The van der Waals surface area contributed by atoms with Crippen molar-refractivity contribution >= 4 is 65.0 Å². The van der Waals surface area contributed by atoms with Crippen LogP contribution in [0.25, 0.3) is 0 Å². The normalized spacial score (nSPS) is 22.6. The molecule has 1 heterocycles. The zero-order valence-corrected chi connectivity index (χ0v) is 49.3. The number of rotatable bonds is 29. The van der Waals surface area contributed by atoms with Crippen LogP contribution >= 0.6 is 0 Å². The van der Waals surface area contributed by atoms with Crippen molar-refractivity contribution in [2.45, 2.75) is 197 Å². The van der Waals surface area contributed by atoms with Crippen molar-refractivity contribution in [3.63, 3.8) is 0 Å². The number of nitrogens with one attached hydrogen (secondary N) is 11. The van der Waals surface area contributed by atoms with Crippen molar-refractivity contribution in [2.24, 2.45) is 34.6 Å². The zero-order chi connectivity index (χ0) is 62.9. The number of carbonyl (C=O) groups excluding carboxylic acids is 11. The number of carbonyl (C=O) groups is 11. The molecule has 23 N–H and O–H groups in total. The highest BCUT2D eigenvalue weighted by molar-refractivity contribution is 5.99. The summed E-state index contributed by atoms with van der Waals surface area (Å²) < 4.78 is 0. The molecule has 2 rings (SSSR count). The third kappa shape index (κ3) is 26.4. The minimum atomic E-state index is -1.70. The molecule has 11 amide bonds. The standard InChI is InChI=1S/C55H96N16O13/c1-6-7-8-9-13-16-43(74)62-35(17-23-56)50(79)71-45(33(5)73)55(84)67-38(20-26-59)47(76)66-40-22-28-61-54(83)44(32(4)72)70-51(80)39(21-27-60)64-46(75)36(18-24-57)65-52(81)41(29-31(2)3)68-53(82)42(30-34-14-11-10-12-15-34)69-48(77)37(19-25-58)63-49(40)78/h10-12,14-15,31-33,35-42,44-45,72-73H,6-9,13,16-30,56-60H2,1-5H3,(H,61,83)(H,62,74)(H,63,78)(H,64,75)(H,65,81)(H,66,76)(H,67,84)(H,68,82)(H,69,77)(H,70,80)(H,71,79)/t32-,33-,35+,36+,37?,38+,39+,40?,41+,42-,44?,45+/m1/s1. The average Bonchev–Trinajstić information content (AvgIpc) is 3.44. The van der Waals surface area contributed by atoms with Gasteiger partial charge in [-0.2, -0.15) is 0 Å². The Morgan fingerprint density at radius 2 is 1.05 bits per heavy atom. The second-order valence-corrected chi connectivity index (χ2v) is 21.5. The third-order valence-electron chi connectivity index (χ3n) is 13.7. The van der Waals surface area contributed by atoms with E-state index in [0.29, 0.717) is 12.0 Å². The van der Waals surface area contributed by atoms with Crippen molar-refractivity contribution in [1.82, 2.24) is 58.5 Å². The third-order valence-corrected chi connectivity index (χ3v) is 13.7. The molecule has 1 fully saturated rings. The van der Waals surface area contributed by atoms with Gasteiger partial charge < -0.3 is 97.4 Å². The maximum atomic E-state index is 14.5. The minimum Gasteiger partial charge on any atom is -0.391 e. The molecule has 3 unspecified atom stereocenters. The molecule has 84 heavy (non-hydrogen) atoms. The van der Waals surface area contributed by atoms with Crippen molar-refractivity contribution in [3.8, 4) is 0 Å². The Bertz CT molecular complexity index is 2280. The Kier molecular flexibility index (Phi) is 34.5. The van der Waals surface area contributed by atoms with Gasteiger partial charge in [-0.15, -0.1) is 0 Å². The summed E-state index contributed by atoms with van der Waals surface area (Å²) in [7, 11) is 0. The van der Waals surface area contributed by atoms with E-state index in [4.69, 9.17) is 28.7 Å². The second kappa shape index (κ2) is 39.6. The molecule has 0 aromatic heterocycles. The van der Waals surface area contributed by atoms with Gasteiger partial charge in [0.05, 0.1) is 12.2 Å². The maximum Gasteiger partial charge on any atom is 0.245 e. The number of hydrogen-bond acceptors (Lipinski definition) is 18. The smallest absolute Gasteiger partial charge is 0.245 e. The fraction of sp³-hybridized carbons (Fsp3) is 0.691. The average molecular weight is 1190 g/mol. The molecule has 0 saturated carbocycles. The lowest BCUT2D eigenvalue weighted by atomic mass is 10.00. The Morgan fingerprint density at radius 1 is 0.560 bits per heavy atom. The number of aliphatic hydroxyl groups excluding tert-OH is 2. The van der Waals surface area contributed by atoms with E-state index in [0.717, 1.165) is 25.7 Å². The van der Waals surface area contributed by atoms with Gasteiger partial charge in [0.2, 0.25) is 65.0 Å². The topological polar surface area (TPSA) is 491 Å². The predicted molar refractivity (Wildman–Crippen MR) is 312 cm³/mol. The number of nitrogens with two attached hydrogens (primary N) is 5. The van der Waals surface area contributed by atoms with Crippen molar-refractivity contribution in [2.75, 3.05) is 39.3 Å². The Morgan fingerprint density at radius 3 is 1.56 bits per heavy atom. The molecule has 1 aliphatic rings. The zero-order valence-electron chi connectivity index (χ0n) is 49.3. The van der Waals surface area contributed by atoms with Crippen molar-refractivity contribution < 1.29 is 63.0 Å². The molecule has 1 aromatic rings. The summed E-state index contributed by atoms with van der Waals surface area (Å²) in [5.74, 6) is -9.94. The molecule has 12 atom stereocenters. The number of hydrogen-bond donors (Lipinski definition) is 18. The van der Waals surface area contributed by atoms with Crippen LogP contribution in [0.1, 0.15) is 124 Å². The highest BCUT2D eigenvalue weighted by atomic mass is 16.3. The molecule has 1 saturated heterocycles. The van der Waals surface area contributed by atoms with Gasteiger partial charge in [-0.05, 0) is 109 Å². The molecule has 0 radical (unpaired) electrons. The lowest BCUT2D eigenvalue weighted by Gasteiger charge is -2.29. The number of aliphatic hydroxyl groups is 2. The number of benzene rings is 1. The Balaban J connectivity index is 2.68. The van der Waals surface area contributed by atoms with Crippen LogP contribution in [-0.2, 0) is 59.2 Å². The summed E-state index contributed by atoms with van der Waals surface area (Å²) in [5.41, 5.74) is 29.9. The Hall–Kier alpha value is -6.89. The molecule has 0 aliphatic carbocycles. The number of amides is 11. The summed E-state index contributed by atoms with van der Waals surface area (Å²) >= 11 is 0. The molecule has 29 heteroatoms. The molecule has 1 aliphatic heterocycles. The lowest BCUT2D eigenvalue weighted by molar-refractivity contribution is -0.137. The summed E-state index contributed by atoms with van der Waals surface area (Å²) in [5, 5.41) is 49.6. The molecular weight excluding hydrogens is 1090 g/mol. The monoisotopic (exact) mass is 1190 g/mol. The first kappa shape index (κ1) is 73.2. The van der Waals surface area contributed by atoms with Gasteiger partial charge in [-0.3, -0.25) is 52.7 Å². The molecule has 29 nitrogen and oxygen atoms in total. The van der Waals surface area contributed by atoms with E-state index < -0.39 is 151 Å². The predicted octanol–water partition coefficient (Wildman–Crippen LogP) is -5.49. The SMILES string of the molecule is CCCCCCCC(=O)N[C@@H](CCN)C(=O)N[C@H](C(=O)N[C@@H](CCN)C(=O)NC1CCNC(=O)C([C@@H](C)O)NC(=O)[C@H](CCN)NC(=O)[C@H](CCN)NC(=O)[C@H](CC(C)C)NC(=O)[C@@H](Cc2ccccc2)NC(=O)C(CCN)NC1=O)[C@@H](C)O. The molecule has 474 valence electrons. The number of unbranched alkanes of at least 4 members (excludes halogenated alkanes) is 4. The maximum absolute atomic E-state index is 14.5. The van der Waals surface area contributed by atoms with E-state index in [9.17, 15) is 63.0 Å². The quantitative estimate of drug-likeness (QED) is 0.0333. The first-order chi connectivity index (χ1) is 39.9. The fourth-order valence-corrected chi connectivity index (χ4v) is 9.03. The lowest BCUT2D eigenvalue weighted by Crippen LogP contribution is -2.62. The van der Waals surface area contributed by atoms with Crippen molar-refractivity contribution in [3.05, 3.63) is 35.9 Å². The van der Waals surface area contributed by atoms with E-state index in [1.807, 2.05) is 0 Å². The highest BCUT2D eigenvalue weighted by Gasteiger charge is 2.37. The van der Waals surface area contributed by atoms with Crippen LogP contribution in [0.3, 0.4) is 0 Å². The van der Waals surface area contributed by atoms with E-state index in [1.54, 1.807) is 44.2 Å². The summed E-state index contributed by atoms with van der Waals surface area (Å²) in [6.07, 6.45) is 0.0313. The van der Waals surface area contributed by atoms with Crippen LogP contribution in [0.5, 0.6) is 0 Å². The molecule has 1 aromatic carbocycles. The largest absolute Gasteiger partial charge is 0.391 e. The first-order valence-electron chi connectivity index (χ1n) is 29.2. The van der Waals surface area contributed by atoms with Crippen LogP contribution in [-0.4, -0.2) is 187 Å². The summed E-state index contributed by atoms with van der Waals surface area (Å²) in [4.78, 5) is 154. The second-order valence-electron chi connectivity index (χ2n) is 21.5. The first-order valence-corrected chi connectivity index (χ1v) is 29.2. The van der Waals surface area contributed by atoms with Gasteiger partial charge in [0.15, 0.2) is 0 Å². The van der Waals surface area contributed by atoms with E-state index in [-0.39, 0.29) is 90.0 Å². The van der Waals surface area contributed by atoms with Crippen LogP contribution in [0.4, 0.5) is 0 Å². The van der Waals surface area contributed by atoms with Gasteiger partial charge in [0.1, 0.15) is 60.4 Å². The van der Waals surface area contributed by atoms with Gasteiger partial charge in [-0.25, -0.2) is 0 Å². The van der Waals surface area contributed by atoms with Gasteiger partial charge in [0.25, 0.3) is 0 Å². The molecular formula is C55H96N16O13. The van der Waals surface area contributed by atoms with Gasteiger partial charge >= 0.3 is 0 Å². The summed E-state index contributed by atoms with van der Waals surface area (Å²) in [6, 6.07) is -6.22. The Labute approximate surface area is 491 Å². The van der Waals surface area contributed by atoms with E-state index in [1.165, 1.54) is 13.8 Å². The minimum absolute atomic E-state index is 0.0143. The summed E-state index contributed by atoms with van der Waals surface area (Å²) in [6.45, 7) is 6.87. The van der Waals surface area contributed by atoms with Crippen LogP contribution in [0.15, 0.2) is 30.3 Å². The highest BCUT2D eigenvalue weighted by Crippen LogP contribution is 2.12. The van der Waals surface area contributed by atoms with Crippen molar-refractivity contribution in [1.29, 1.82) is 0 Å².